The molecule has 0 atom stereocenters. The van der Waals surface area contributed by atoms with Crippen LogP contribution in [0.1, 0.15) is 30.3 Å². The highest BCUT2D eigenvalue weighted by atomic mass is 32.2. The van der Waals surface area contributed by atoms with Crippen molar-refractivity contribution in [2.24, 2.45) is 0 Å². The maximum Gasteiger partial charge on any atom is 0.236 e. The number of amides is 1. The van der Waals surface area contributed by atoms with E-state index in [0.717, 1.165) is 35.7 Å². The van der Waals surface area contributed by atoms with Crippen LogP contribution in [0.2, 0.25) is 0 Å². The molecule has 2 aromatic heterocycles. The molecule has 31 heavy (non-hydrogen) atoms. The molecule has 2 heterocycles. The van der Waals surface area contributed by atoms with Crippen molar-refractivity contribution in [3.8, 4) is 11.4 Å². The molecule has 1 aliphatic carbocycles. The summed E-state index contributed by atoms with van der Waals surface area (Å²) < 4.78 is 3.65. The number of para-hydroxylation sites is 2. The quantitative estimate of drug-likeness (QED) is 0.441. The zero-order valence-electron chi connectivity index (χ0n) is 17.1. The van der Waals surface area contributed by atoms with Crippen molar-refractivity contribution in [2.45, 2.75) is 30.8 Å². The molecule has 2 aromatic carbocycles. The summed E-state index contributed by atoms with van der Waals surface area (Å²) in [4.78, 5) is 17.4. The van der Waals surface area contributed by atoms with Crippen LogP contribution < -0.4 is 5.32 Å². The Hall–Kier alpha value is -3.39. The molecule has 0 unspecified atom stereocenters. The van der Waals surface area contributed by atoms with Crippen LogP contribution in [0.4, 0.5) is 5.82 Å². The van der Waals surface area contributed by atoms with E-state index in [9.17, 15) is 4.79 Å². The molecule has 1 amide bonds. The highest BCUT2D eigenvalue weighted by molar-refractivity contribution is 7.99. The van der Waals surface area contributed by atoms with E-state index in [-0.39, 0.29) is 11.7 Å². The van der Waals surface area contributed by atoms with E-state index in [2.05, 4.69) is 15.5 Å². The fourth-order valence-electron chi connectivity index (χ4n) is 3.39. The Bertz CT molecular complexity index is 1200. The van der Waals surface area contributed by atoms with Crippen molar-refractivity contribution in [1.29, 1.82) is 0 Å². The summed E-state index contributed by atoms with van der Waals surface area (Å²) in [6.45, 7) is 1.91. The average molecular weight is 431 g/mol. The largest absolute Gasteiger partial charge is 0.310 e. The predicted octanol–water partition coefficient (Wildman–Crippen LogP) is 4.37. The van der Waals surface area contributed by atoms with Crippen LogP contribution in [-0.4, -0.2) is 36.2 Å². The van der Waals surface area contributed by atoms with Gasteiger partial charge in [-0.05, 0) is 44.0 Å². The van der Waals surface area contributed by atoms with Gasteiger partial charge in [0.1, 0.15) is 11.6 Å². The zero-order valence-corrected chi connectivity index (χ0v) is 17.9. The maximum absolute atomic E-state index is 12.7. The lowest BCUT2D eigenvalue weighted by atomic mass is 10.3. The number of rotatable bonds is 7. The first-order valence-corrected chi connectivity index (χ1v) is 11.2. The molecular formula is C23H22N6OS. The van der Waals surface area contributed by atoms with E-state index >= 15 is 0 Å². The normalized spacial score (nSPS) is 13.3. The number of nitrogens with one attached hydrogen (secondary N) is 1. The second-order valence-corrected chi connectivity index (χ2v) is 8.47. The van der Waals surface area contributed by atoms with Gasteiger partial charge in [-0.2, -0.15) is 5.10 Å². The number of hydrogen-bond acceptors (Lipinski definition) is 5. The van der Waals surface area contributed by atoms with Crippen LogP contribution in [0.15, 0.2) is 71.9 Å². The third kappa shape index (κ3) is 4.39. The summed E-state index contributed by atoms with van der Waals surface area (Å²) in [5, 5.41) is 12.7. The topological polar surface area (TPSA) is 77.6 Å². The van der Waals surface area contributed by atoms with Crippen molar-refractivity contribution in [3.05, 3.63) is 78.2 Å². The summed E-state index contributed by atoms with van der Waals surface area (Å²) >= 11 is 1.35. The molecule has 156 valence electrons. The van der Waals surface area contributed by atoms with Crippen LogP contribution in [0.5, 0.6) is 0 Å². The summed E-state index contributed by atoms with van der Waals surface area (Å²) in [7, 11) is 0. The molecule has 8 heteroatoms. The van der Waals surface area contributed by atoms with Crippen molar-refractivity contribution in [1.82, 2.24) is 24.5 Å². The smallest absolute Gasteiger partial charge is 0.236 e. The minimum atomic E-state index is -0.119. The van der Waals surface area contributed by atoms with Gasteiger partial charge >= 0.3 is 0 Å². The molecule has 1 N–H and O–H groups in total. The van der Waals surface area contributed by atoms with Gasteiger partial charge in [0, 0.05) is 12.0 Å². The van der Waals surface area contributed by atoms with Gasteiger partial charge in [-0.3, -0.25) is 4.79 Å². The molecule has 0 bridgehead atoms. The second kappa shape index (κ2) is 8.39. The van der Waals surface area contributed by atoms with Gasteiger partial charge in [0.05, 0.1) is 22.8 Å². The van der Waals surface area contributed by atoms with Crippen LogP contribution in [0, 0.1) is 6.92 Å². The van der Waals surface area contributed by atoms with Gasteiger partial charge < -0.3 is 5.32 Å². The fourth-order valence-corrected chi connectivity index (χ4v) is 4.02. The van der Waals surface area contributed by atoms with Crippen LogP contribution in [0.3, 0.4) is 0 Å². The van der Waals surface area contributed by atoms with E-state index in [1.807, 2.05) is 78.3 Å². The van der Waals surface area contributed by atoms with Gasteiger partial charge in [-0.25, -0.2) is 14.3 Å². The van der Waals surface area contributed by atoms with E-state index < -0.39 is 0 Å². The number of carbonyl (C=O) groups is 1. The predicted molar refractivity (Wildman–Crippen MR) is 121 cm³/mol. The third-order valence-corrected chi connectivity index (χ3v) is 5.83. The number of nitrogens with zero attached hydrogens (tertiary/aromatic N) is 5. The van der Waals surface area contributed by atoms with Crippen LogP contribution >= 0.6 is 11.8 Å². The molecule has 1 saturated carbocycles. The number of aryl methyl sites for hydroxylation is 1. The molecule has 4 aromatic rings. The van der Waals surface area contributed by atoms with Crippen LogP contribution in [0.25, 0.3) is 11.4 Å². The molecule has 1 fully saturated rings. The van der Waals surface area contributed by atoms with Crippen LogP contribution in [-0.2, 0) is 4.79 Å². The fraction of sp³-hybridized carbons (Fsp3) is 0.217. The average Bonchev–Trinajstić information content (AvgIpc) is 3.45. The van der Waals surface area contributed by atoms with E-state index in [1.54, 1.807) is 4.68 Å². The van der Waals surface area contributed by atoms with Gasteiger partial charge in [-0.15, -0.1) is 5.10 Å². The van der Waals surface area contributed by atoms with E-state index in [0.29, 0.717) is 16.9 Å². The Morgan fingerprint density at radius 1 is 1.00 bits per heavy atom. The molecule has 0 aliphatic heterocycles. The number of aromatic nitrogens is 5. The molecule has 0 spiro atoms. The first kappa shape index (κ1) is 19.6. The standard InChI is InChI=1S/C23H22N6OS/c1-16-14-20(28(26-16)18-8-4-2-5-9-18)24-21(30)15-31-23-25-22(17-12-13-17)29(27-23)19-10-6-3-7-11-19/h2-11,14,17H,12-13,15H2,1H3,(H,24,30). The molecule has 7 nitrogen and oxygen atoms in total. The molecule has 1 aliphatic rings. The Morgan fingerprint density at radius 2 is 1.65 bits per heavy atom. The van der Waals surface area contributed by atoms with E-state index in [4.69, 9.17) is 4.98 Å². The van der Waals surface area contributed by atoms with Crippen molar-refractivity contribution in [3.63, 3.8) is 0 Å². The second-order valence-electron chi connectivity index (χ2n) is 7.53. The minimum absolute atomic E-state index is 0.119. The highest BCUT2D eigenvalue weighted by Gasteiger charge is 2.30. The maximum atomic E-state index is 12.7. The molecule has 0 saturated heterocycles. The monoisotopic (exact) mass is 430 g/mol. The summed E-state index contributed by atoms with van der Waals surface area (Å²) in [6, 6.07) is 21.6. The Labute approximate surface area is 184 Å². The Kier molecular flexibility index (Phi) is 5.30. The minimum Gasteiger partial charge on any atom is -0.310 e. The number of benzene rings is 2. The highest BCUT2D eigenvalue weighted by Crippen LogP contribution is 2.40. The molecular weight excluding hydrogens is 408 g/mol. The SMILES string of the molecule is Cc1cc(NC(=O)CSc2nc(C3CC3)n(-c3ccccc3)n2)n(-c2ccccc2)n1. The number of thioether (sulfide) groups is 1. The number of anilines is 1. The van der Waals surface area contributed by atoms with Gasteiger partial charge in [-0.1, -0.05) is 48.2 Å². The molecule has 5 rings (SSSR count). The first-order valence-electron chi connectivity index (χ1n) is 10.2. The van der Waals surface area contributed by atoms with E-state index in [1.165, 1.54) is 11.8 Å². The van der Waals surface area contributed by atoms with Gasteiger partial charge in [0.15, 0.2) is 0 Å². The summed E-state index contributed by atoms with van der Waals surface area (Å²) in [6.07, 6.45) is 2.28. The Balaban J connectivity index is 1.29. The van der Waals surface area contributed by atoms with Crippen molar-refractivity contribution < 1.29 is 4.79 Å². The zero-order chi connectivity index (χ0) is 21.2. The lowest BCUT2D eigenvalue weighted by Crippen LogP contribution is -2.17. The Morgan fingerprint density at radius 3 is 2.29 bits per heavy atom. The lowest BCUT2D eigenvalue weighted by Gasteiger charge is -2.08. The van der Waals surface area contributed by atoms with Crippen molar-refractivity contribution in [2.75, 3.05) is 11.1 Å². The number of hydrogen-bond donors (Lipinski definition) is 1. The van der Waals surface area contributed by atoms with Crippen molar-refractivity contribution >= 4 is 23.5 Å². The molecule has 0 radical (unpaired) electrons. The third-order valence-electron chi connectivity index (χ3n) is 4.99. The first-order chi connectivity index (χ1) is 15.2. The summed E-state index contributed by atoms with van der Waals surface area (Å²) in [5.74, 6) is 2.19. The van der Waals surface area contributed by atoms with Gasteiger partial charge in [0.2, 0.25) is 11.1 Å². The lowest BCUT2D eigenvalue weighted by molar-refractivity contribution is -0.113. The number of carbonyl (C=O) groups excluding carboxylic acids is 1. The summed E-state index contributed by atoms with van der Waals surface area (Å²) in [5.41, 5.74) is 2.73. The van der Waals surface area contributed by atoms with Gasteiger partial charge in [0.25, 0.3) is 0 Å².